The Bertz CT molecular complexity index is 1000. The third-order valence-electron chi connectivity index (χ3n) is 4.50. The van der Waals surface area contributed by atoms with Crippen LogP contribution in [0, 0.1) is 6.92 Å². The van der Waals surface area contributed by atoms with Gasteiger partial charge in [0.2, 0.25) is 0 Å². The van der Waals surface area contributed by atoms with Crippen LogP contribution in [0.2, 0.25) is 0 Å². The largest absolute Gasteiger partial charge is 0.496 e. The minimum absolute atomic E-state index is 0.250. The number of hydrogen-bond donors (Lipinski definition) is 1. The highest BCUT2D eigenvalue weighted by Gasteiger charge is 2.11. The molecule has 0 atom stereocenters. The van der Waals surface area contributed by atoms with Crippen molar-refractivity contribution in [3.05, 3.63) is 59.4 Å². The molecule has 0 spiro atoms. The Morgan fingerprint density at radius 1 is 1.26 bits per heavy atom. The molecule has 1 heterocycles. The van der Waals surface area contributed by atoms with Gasteiger partial charge in [-0.05, 0) is 50.6 Å². The third kappa shape index (κ3) is 4.00. The third-order valence-corrected chi connectivity index (χ3v) is 4.50. The second-order valence-corrected chi connectivity index (χ2v) is 6.38. The minimum atomic E-state index is -0.250. The summed E-state index contributed by atoms with van der Waals surface area (Å²) in [6.07, 6.45) is 0.601. The van der Waals surface area contributed by atoms with Crippen LogP contribution in [0.15, 0.2) is 47.6 Å². The summed E-state index contributed by atoms with van der Waals surface area (Å²) in [6, 6.07) is 13.3. The highest BCUT2D eigenvalue weighted by Crippen LogP contribution is 2.19. The number of hydrogen-bond acceptors (Lipinski definition) is 4. The maximum Gasteiger partial charge on any atom is 0.271 e. The van der Waals surface area contributed by atoms with Crippen LogP contribution in [-0.4, -0.2) is 28.3 Å². The highest BCUT2D eigenvalue weighted by molar-refractivity contribution is 5.98. The van der Waals surface area contributed by atoms with Crippen LogP contribution >= 0.6 is 0 Å². The molecule has 6 heteroatoms. The lowest BCUT2D eigenvalue weighted by molar-refractivity contribution is 0.0955. The summed E-state index contributed by atoms with van der Waals surface area (Å²) >= 11 is 0. The number of ether oxygens (including phenoxy) is 1. The van der Waals surface area contributed by atoms with Crippen molar-refractivity contribution in [2.24, 2.45) is 5.10 Å². The maximum absolute atomic E-state index is 12.5. The second-order valence-electron chi connectivity index (χ2n) is 6.38. The average molecular weight is 364 g/mol. The van der Waals surface area contributed by atoms with Crippen LogP contribution in [-0.2, 0) is 13.0 Å². The molecule has 1 N–H and O–H groups in total. The fourth-order valence-electron chi connectivity index (χ4n) is 3.17. The molecular weight excluding hydrogens is 340 g/mol. The van der Waals surface area contributed by atoms with Gasteiger partial charge in [-0.3, -0.25) is 4.79 Å². The average Bonchev–Trinajstić information content (AvgIpc) is 3.00. The van der Waals surface area contributed by atoms with Crippen molar-refractivity contribution in [2.75, 3.05) is 7.11 Å². The first-order chi connectivity index (χ1) is 13.0. The first-order valence-electron chi connectivity index (χ1n) is 8.95. The van der Waals surface area contributed by atoms with Crippen molar-refractivity contribution in [2.45, 2.75) is 33.7 Å². The minimum Gasteiger partial charge on any atom is -0.496 e. The van der Waals surface area contributed by atoms with Gasteiger partial charge in [0.25, 0.3) is 5.91 Å². The van der Waals surface area contributed by atoms with Crippen LogP contribution < -0.4 is 10.2 Å². The molecule has 6 nitrogen and oxygen atoms in total. The van der Waals surface area contributed by atoms with Crippen molar-refractivity contribution in [3.63, 3.8) is 0 Å². The first-order valence-corrected chi connectivity index (χ1v) is 8.95. The molecular formula is C21H24N4O2. The van der Waals surface area contributed by atoms with E-state index in [9.17, 15) is 4.79 Å². The lowest BCUT2D eigenvalue weighted by Gasteiger charge is -2.08. The molecule has 1 aromatic heterocycles. The number of carbonyl (C=O) groups is 1. The molecule has 0 radical (unpaired) electrons. The van der Waals surface area contributed by atoms with Crippen molar-refractivity contribution in [1.29, 1.82) is 0 Å². The molecule has 0 bridgehead atoms. The topological polar surface area (TPSA) is 68.5 Å². The van der Waals surface area contributed by atoms with Gasteiger partial charge in [-0.25, -0.2) is 10.4 Å². The zero-order valence-electron chi connectivity index (χ0n) is 16.1. The van der Waals surface area contributed by atoms with Crippen LogP contribution in [0.1, 0.15) is 35.6 Å². The van der Waals surface area contributed by atoms with Gasteiger partial charge in [0.15, 0.2) is 0 Å². The van der Waals surface area contributed by atoms with Crippen LogP contribution in [0.25, 0.3) is 11.0 Å². The Balaban J connectivity index is 1.73. The van der Waals surface area contributed by atoms with E-state index in [1.165, 1.54) is 0 Å². The zero-order chi connectivity index (χ0) is 19.4. The van der Waals surface area contributed by atoms with Crippen molar-refractivity contribution >= 4 is 22.7 Å². The number of aromatic nitrogens is 2. The molecule has 0 saturated heterocycles. The number of methoxy groups -OCH3 is 1. The summed E-state index contributed by atoms with van der Waals surface area (Å²) in [5.41, 5.74) is 6.83. The van der Waals surface area contributed by atoms with Gasteiger partial charge in [-0.15, -0.1) is 0 Å². The van der Waals surface area contributed by atoms with Gasteiger partial charge in [-0.1, -0.05) is 18.2 Å². The fourth-order valence-corrected chi connectivity index (χ4v) is 3.17. The quantitative estimate of drug-likeness (QED) is 0.535. The standard InChI is InChI=1S/C21H24N4O2/c1-5-25-15(3)22-18-13-17(10-11-19(18)25)21(26)24-23-14(2)12-16-8-6-7-9-20(16)27-4/h6-11,13H,5,12H2,1-4H3,(H,24,26)/b23-14-. The highest BCUT2D eigenvalue weighted by atomic mass is 16.5. The van der Waals surface area contributed by atoms with E-state index in [4.69, 9.17) is 4.74 Å². The SMILES string of the molecule is CCn1c(C)nc2cc(C(=O)N/N=C(/C)Cc3ccccc3OC)ccc21. The van der Waals surface area contributed by atoms with E-state index in [0.717, 1.165) is 40.4 Å². The summed E-state index contributed by atoms with van der Waals surface area (Å²) < 4.78 is 7.47. The Hall–Kier alpha value is -3.15. The number of imidazole rings is 1. The van der Waals surface area contributed by atoms with Gasteiger partial charge in [-0.2, -0.15) is 5.10 Å². The van der Waals surface area contributed by atoms with E-state index in [1.807, 2.05) is 44.2 Å². The molecule has 2 aromatic carbocycles. The molecule has 27 heavy (non-hydrogen) atoms. The predicted molar refractivity (Wildman–Crippen MR) is 107 cm³/mol. The summed E-state index contributed by atoms with van der Waals surface area (Å²) in [5, 5.41) is 4.23. The molecule has 140 valence electrons. The summed E-state index contributed by atoms with van der Waals surface area (Å²) in [6.45, 7) is 6.77. The number of hydrazone groups is 1. The van der Waals surface area contributed by atoms with E-state index >= 15 is 0 Å². The lowest BCUT2D eigenvalue weighted by Crippen LogP contribution is -2.19. The molecule has 0 aliphatic rings. The van der Waals surface area contributed by atoms with Crippen LogP contribution in [0.4, 0.5) is 0 Å². The number of rotatable bonds is 6. The normalized spacial score (nSPS) is 11.6. The molecule has 3 aromatic rings. The number of aryl methyl sites for hydroxylation is 2. The molecule has 3 rings (SSSR count). The van der Waals surface area contributed by atoms with Crippen molar-refractivity contribution < 1.29 is 9.53 Å². The first kappa shape index (κ1) is 18.6. The second kappa shape index (κ2) is 8.03. The fraction of sp³-hybridized carbons (Fsp3) is 0.286. The molecule has 0 unspecified atom stereocenters. The monoisotopic (exact) mass is 364 g/mol. The van der Waals surface area contributed by atoms with Gasteiger partial charge in [0.05, 0.1) is 18.1 Å². The Kier molecular flexibility index (Phi) is 5.54. The predicted octanol–water partition coefficient (Wildman–Crippen LogP) is 3.72. The Morgan fingerprint density at radius 3 is 2.78 bits per heavy atom. The number of fused-ring (bicyclic) bond motifs is 1. The molecule has 0 fully saturated rings. The smallest absolute Gasteiger partial charge is 0.271 e. The summed E-state index contributed by atoms with van der Waals surface area (Å²) in [7, 11) is 1.64. The molecule has 1 amide bonds. The Labute approximate surface area is 158 Å². The van der Waals surface area contributed by atoms with E-state index in [0.29, 0.717) is 12.0 Å². The summed E-state index contributed by atoms with van der Waals surface area (Å²) in [4.78, 5) is 17.0. The number of nitrogens with one attached hydrogen (secondary N) is 1. The molecule has 0 aliphatic heterocycles. The number of benzene rings is 2. The number of carbonyl (C=O) groups excluding carboxylic acids is 1. The Morgan fingerprint density at radius 2 is 2.04 bits per heavy atom. The van der Waals surface area contributed by atoms with Crippen LogP contribution in [0.5, 0.6) is 5.75 Å². The van der Waals surface area contributed by atoms with Gasteiger partial charge >= 0.3 is 0 Å². The number of amides is 1. The maximum atomic E-state index is 12.5. The van der Waals surface area contributed by atoms with Gasteiger partial charge in [0.1, 0.15) is 11.6 Å². The van der Waals surface area contributed by atoms with Crippen molar-refractivity contribution in [1.82, 2.24) is 15.0 Å². The molecule has 0 saturated carbocycles. The zero-order valence-corrected chi connectivity index (χ0v) is 16.1. The van der Waals surface area contributed by atoms with Crippen LogP contribution in [0.3, 0.4) is 0 Å². The van der Waals surface area contributed by atoms with E-state index in [2.05, 4.69) is 27.0 Å². The number of para-hydroxylation sites is 1. The van der Waals surface area contributed by atoms with Gasteiger partial charge in [0, 0.05) is 24.2 Å². The molecule has 0 aliphatic carbocycles. The lowest BCUT2D eigenvalue weighted by atomic mass is 10.1. The van der Waals surface area contributed by atoms with Crippen molar-refractivity contribution in [3.8, 4) is 5.75 Å². The van der Waals surface area contributed by atoms with E-state index in [1.54, 1.807) is 19.2 Å². The summed E-state index contributed by atoms with van der Waals surface area (Å²) in [5.74, 6) is 1.50. The van der Waals surface area contributed by atoms with Gasteiger partial charge < -0.3 is 9.30 Å². The van der Waals surface area contributed by atoms with E-state index in [-0.39, 0.29) is 5.91 Å². The number of nitrogens with zero attached hydrogens (tertiary/aromatic N) is 3. The van der Waals surface area contributed by atoms with E-state index < -0.39 is 0 Å².